The van der Waals surface area contributed by atoms with E-state index in [0.717, 1.165) is 30.7 Å². The van der Waals surface area contributed by atoms with Crippen molar-refractivity contribution >= 4 is 5.97 Å². The van der Waals surface area contributed by atoms with Gasteiger partial charge in [0.15, 0.2) is 0 Å². The summed E-state index contributed by atoms with van der Waals surface area (Å²) in [6.45, 7) is 3.85. The first-order valence-electron chi connectivity index (χ1n) is 6.75. The molecule has 1 aromatic carbocycles. The molecule has 19 heavy (non-hydrogen) atoms. The Kier molecular flexibility index (Phi) is 4.43. The topological polar surface area (TPSA) is 47.6 Å². The molecule has 1 atom stereocenters. The fraction of sp³-hybridized carbons (Fsp3) is 0.533. The van der Waals surface area contributed by atoms with E-state index in [1.165, 1.54) is 0 Å². The van der Waals surface area contributed by atoms with Crippen molar-refractivity contribution in [3.8, 4) is 5.75 Å². The van der Waals surface area contributed by atoms with Gasteiger partial charge in [-0.3, -0.25) is 4.79 Å². The molecular formula is C15H21NO3. The van der Waals surface area contributed by atoms with Crippen molar-refractivity contribution in [2.45, 2.75) is 25.2 Å². The highest BCUT2D eigenvalue weighted by Crippen LogP contribution is 2.33. The van der Waals surface area contributed by atoms with Crippen LogP contribution in [0.2, 0.25) is 0 Å². The van der Waals surface area contributed by atoms with Crippen molar-refractivity contribution in [3.63, 3.8) is 0 Å². The molecule has 104 valence electrons. The summed E-state index contributed by atoms with van der Waals surface area (Å²) < 4.78 is 10.5. The average Bonchev–Trinajstić information content (AvgIpc) is 2.48. The van der Waals surface area contributed by atoms with Crippen LogP contribution in [0.15, 0.2) is 24.3 Å². The molecule has 1 fully saturated rings. The molecule has 1 aliphatic heterocycles. The van der Waals surface area contributed by atoms with Crippen LogP contribution < -0.4 is 10.1 Å². The maximum Gasteiger partial charge on any atom is 0.317 e. The maximum atomic E-state index is 12.4. The third-order valence-electron chi connectivity index (χ3n) is 3.69. The largest absolute Gasteiger partial charge is 0.497 e. The van der Waals surface area contributed by atoms with Crippen LogP contribution in [0.4, 0.5) is 0 Å². The predicted molar refractivity (Wildman–Crippen MR) is 73.4 cm³/mol. The van der Waals surface area contributed by atoms with Gasteiger partial charge in [0, 0.05) is 6.54 Å². The Morgan fingerprint density at radius 1 is 1.37 bits per heavy atom. The predicted octanol–water partition coefficient (Wildman–Crippen LogP) is 1.88. The van der Waals surface area contributed by atoms with E-state index in [0.29, 0.717) is 13.2 Å². The minimum Gasteiger partial charge on any atom is -0.497 e. The van der Waals surface area contributed by atoms with Crippen molar-refractivity contribution in [1.29, 1.82) is 0 Å². The van der Waals surface area contributed by atoms with Gasteiger partial charge in [0.25, 0.3) is 0 Å². The minimum atomic E-state index is -0.555. The zero-order valence-electron chi connectivity index (χ0n) is 11.6. The third-order valence-corrected chi connectivity index (χ3v) is 3.69. The summed E-state index contributed by atoms with van der Waals surface area (Å²) in [4.78, 5) is 12.4. The van der Waals surface area contributed by atoms with Crippen LogP contribution in [0.25, 0.3) is 0 Å². The number of rotatable bonds is 4. The van der Waals surface area contributed by atoms with E-state index in [2.05, 4.69) is 5.32 Å². The molecule has 0 aliphatic carbocycles. The Balaban J connectivity index is 2.32. The molecule has 0 unspecified atom stereocenters. The number of hydrogen-bond donors (Lipinski definition) is 1. The lowest BCUT2D eigenvalue weighted by Crippen LogP contribution is -2.49. The summed E-state index contributed by atoms with van der Waals surface area (Å²) in [6.07, 6.45) is 1.80. The fourth-order valence-corrected chi connectivity index (χ4v) is 2.62. The van der Waals surface area contributed by atoms with E-state index in [1.807, 2.05) is 31.2 Å². The van der Waals surface area contributed by atoms with E-state index in [-0.39, 0.29) is 5.97 Å². The zero-order chi connectivity index (χ0) is 13.7. The van der Waals surface area contributed by atoms with Crippen LogP contribution in [0.3, 0.4) is 0 Å². The van der Waals surface area contributed by atoms with E-state index in [9.17, 15) is 4.79 Å². The molecule has 1 saturated heterocycles. The van der Waals surface area contributed by atoms with Crippen molar-refractivity contribution in [3.05, 3.63) is 29.8 Å². The molecule has 0 amide bonds. The smallest absolute Gasteiger partial charge is 0.317 e. The molecule has 0 aromatic heterocycles. The Morgan fingerprint density at radius 2 is 2.11 bits per heavy atom. The summed E-state index contributed by atoms with van der Waals surface area (Å²) in [5.74, 6) is 0.666. The van der Waals surface area contributed by atoms with Gasteiger partial charge in [-0.2, -0.15) is 0 Å². The molecule has 1 aliphatic rings. The average molecular weight is 263 g/mol. The third kappa shape index (κ3) is 2.73. The number of carbonyl (C=O) groups excluding carboxylic acids is 1. The number of carbonyl (C=O) groups is 1. The van der Waals surface area contributed by atoms with E-state index < -0.39 is 5.41 Å². The van der Waals surface area contributed by atoms with E-state index >= 15 is 0 Å². The first-order valence-corrected chi connectivity index (χ1v) is 6.75. The molecule has 4 nitrogen and oxygen atoms in total. The van der Waals surface area contributed by atoms with Gasteiger partial charge >= 0.3 is 5.97 Å². The van der Waals surface area contributed by atoms with Crippen molar-refractivity contribution in [1.82, 2.24) is 5.32 Å². The highest BCUT2D eigenvalue weighted by Gasteiger charge is 2.42. The molecule has 0 radical (unpaired) electrons. The molecular weight excluding hydrogens is 242 g/mol. The number of esters is 1. The number of ether oxygens (including phenoxy) is 2. The van der Waals surface area contributed by atoms with Crippen LogP contribution >= 0.6 is 0 Å². The Bertz CT molecular complexity index is 422. The summed E-state index contributed by atoms with van der Waals surface area (Å²) >= 11 is 0. The normalized spacial score (nSPS) is 22.8. The molecule has 0 bridgehead atoms. The van der Waals surface area contributed by atoms with Crippen molar-refractivity contribution in [2.75, 3.05) is 26.8 Å². The van der Waals surface area contributed by atoms with E-state index in [1.54, 1.807) is 7.11 Å². The van der Waals surface area contributed by atoms with Gasteiger partial charge in [0.05, 0.1) is 13.7 Å². The van der Waals surface area contributed by atoms with Crippen LogP contribution in [-0.4, -0.2) is 32.8 Å². The maximum absolute atomic E-state index is 12.4. The SMILES string of the molecule is CCOC(=O)[C@@]1(c2ccc(OC)cc2)CCCNC1. The second-order valence-corrected chi connectivity index (χ2v) is 4.81. The van der Waals surface area contributed by atoms with Gasteiger partial charge in [-0.1, -0.05) is 12.1 Å². The zero-order valence-corrected chi connectivity index (χ0v) is 11.6. The summed E-state index contributed by atoms with van der Waals surface area (Å²) in [5.41, 5.74) is 0.444. The lowest BCUT2D eigenvalue weighted by atomic mass is 9.74. The lowest BCUT2D eigenvalue weighted by Gasteiger charge is -2.35. The Morgan fingerprint density at radius 3 is 2.63 bits per heavy atom. The van der Waals surface area contributed by atoms with Crippen LogP contribution in [0.1, 0.15) is 25.3 Å². The number of benzene rings is 1. The molecule has 4 heteroatoms. The van der Waals surface area contributed by atoms with Crippen LogP contribution in [0, 0.1) is 0 Å². The highest BCUT2D eigenvalue weighted by atomic mass is 16.5. The molecule has 0 saturated carbocycles. The summed E-state index contributed by atoms with van der Waals surface area (Å²) in [6, 6.07) is 7.71. The lowest BCUT2D eigenvalue weighted by molar-refractivity contribution is -0.151. The number of piperidine rings is 1. The number of nitrogens with one attached hydrogen (secondary N) is 1. The second-order valence-electron chi connectivity index (χ2n) is 4.81. The highest BCUT2D eigenvalue weighted by molar-refractivity contribution is 5.84. The van der Waals surface area contributed by atoms with Gasteiger partial charge in [0.1, 0.15) is 11.2 Å². The monoisotopic (exact) mass is 263 g/mol. The fourth-order valence-electron chi connectivity index (χ4n) is 2.62. The number of hydrogen-bond acceptors (Lipinski definition) is 4. The van der Waals surface area contributed by atoms with Crippen LogP contribution in [0.5, 0.6) is 5.75 Å². The minimum absolute atomic E-state index is 0.132. The van der Waals surface area contributed by atoms with Gasteiger partial charge < -0.3 is 14.8 Å². The Labute approximate surface area is 114 Å². The van der Waals surface area contributed by atoms with Crippen molar-refractivity contribution in [2.24, 2.45) is 0 Å². The van der Waals surface area contributed by atoms with E-state index in [4.69, 9.17) is 9.47 Å². The Hall–Kier alpha value is -1.55. The van der Waals surface area contributed by atoms with Gasteiger partial charge in [-0.05, 0) is 44.0 Å². The quantitative estimate of drug-likeness (QED) is 0.843. The molecule has 1 heterocycles. The van der Waals surface area contributed by atoms with Gasteiger partial charge in [-0.15, -0.1) is 0 Å². The van der Waals surface area contributed by atoms with Gasteiger partial charge in [0.2, 0.25) is 0 Å². The summed E-state index contributed by atoms with van der Waals surface area (Å²) in [7, 11) is 1.64. The molecule has 1 N–H and O–H groups in total. The summed E-state index contributed by atoms with van der Waals surface area (Å²) in [5, 5.41) is 3.31. The first kappa shape index (κ1) is 13.9. The first-order chi connectivity index (χ1) is 9.23. The standard InChI is InChI=1S/C15H21NO3/c1-3-19-14(17)15(9-4-10-16-11-15)12-5-7-13(18-2)8-6-12/h5-8,16H,3-4,9-11H2,1-2H3/t15-/m0/s1. The second kappa shape index (κ2) is 6.06. The molecule has 0 spiro atoms. The van der Waals surface area contributed by atoms with Gasteiger partial charge in [-0.25, -0.2) is 0 Å². The molecule has 1 aromatic rings. The van der Waals surface area contributed by atoms with Crippen LogP contribution in [-0.2, 0) is 14.9 Å². The van der Waals surface area contributed by atoms with Crippen molar-refractivity contribution < 1.29 is 14.3 Å². The molecule has 2 rings (SSSR count). The number of methoxy groups -OCH3 is 1.